The Morgan fingerprint density at radius 3 is 1.34 bits per heavy atom. The molecule has 0 radical (unpaired) electrons. The molecule has 3 aromatic rings. The first-order chi connectivity index (χ1) is 16.2. The minimum Gasteiger partial charge on any atom is -0.378 e. The molecule has 0 atom stereocenters. The standard InChI is InChI=1S/C25H30N2O6S2/c1-26(2)23-11-7-18(8-12-23)25(19-9-13-24(14-10-19)27(3)4)20-5-6-21(16-34(28,29)30)22(15-20)17-35(31,32)33/h5-15,25H,16-17H2,1-4H3,(H,28,29,30)(H,31,32,33). The summed E-state index contributed by atoms with van der Waals surface area (Å²) >= 11 is 0. The molecule has 3 aromatic carbocycles. The van der Waals surface area contributed by atoms with Crippen molar-refractivity contribution in [3.8, 4) is 0 Å². The van der Waals surface area contributed by atoms with Gasteiger partial charge in [0.1, 0.15) is 11.5 Å². The van der Waals surface area contributed by atoms with Crippen LogP contribution in [0.25, 0.3) is 0 Å². The van der Waals surface area contributed by atoms with Crippen molar-refractivity contribution in [1.29, 1.82) is 0 Å². The van der Waals surface area contributed by atoms with E-state index >= 15 is 0 Å². The van der Waals surface area contributed by atoms with Gasteiger partial charge in [-0.25, -0.2) is 0 Å². The summed E-state index contributed by atoms with van der Waals surface area (Å²) in [5.41, 5.74) is 4.89. The summed E-state index contributed by atoms with van der Waals surface area (Å²) in [6, 6.07) is 20.7. The van der Waals surface area contributed by atoms with Crippen molar-refractivity contribution in [2.75, 3.05) is 38.0 Å². The second kappa shape index (κ2) is 10.4. The molecule has 10 heteroatoms. The first-order valence-corrected chi connectivity index (χ1v) is 14.0. The van der Waals surface area contributed by atoms with Crippen molar-refractivity contribution in [2.45, 2.75) is 17.4 Å². The Morgan fingerprint density at radius 2 is 0.971 bits per heavy atom. The summed E-state index contributed by atoms with van der Waals surface area (Å²) in [4.78, 5) is 3.97. The lowest BCUT2D eigenvalue weighted by Crippen LogP contribution is -2.12. The highest BCUT2D eigenvalue weighted by molar-refractivity contribution is 7.85. The average molecular weight is 519 g/mol. The summed E-state index contributed by atoms with van der Waals surface area (Å²) in [5.74, 6) is -1.81. The average Bonchev–Trinajstić information content (AvgIpc) is 2.74. The number of anilines is 2. The Kier molecular flexibility index (Phi) is 7.90. The Bertz CT molecular complexity index is 1330. The first kappa shape index (κ1) is 26.7. The van der Waals surface area contributed by atoms with Gasteiger partial charge in [-0.05, 0) is 52.1 Å². The van der Waals surface area contributed by atoms with Gasteiger partial charge in [0.25, 0.3) is 20.2 Å². The quantitative estimate of drug-likeness (QED) is 0.325. The zero-order chi connectivity index (χ0) is 26.0. The monoisotopic (exact) mass is 518 g/mol. The van der Waals surface area contributed by atoms with Gasteiger partial charge in [-0.15, -0.1) is 0 Å². The maximum absolute atomic E-state index is 11.7. The fourth-order valence-corrected chi connectivity index (χ4v) is 5.34. The molecule has 0 fully saturated rings. The van der Waals surface area contributed by atoms with Crippen LogP contribution in [0.5, 0.6) is 0 Å². The normalized spacial score (nSPS) is 12.1. The number of hydrogen-bond donors (Lipinski definition) is 2. The van der Waals surface area contributed by atoms with Crippen LogP contribution in [0.1, 0.15) is 33.7 Å². The number of benzene rings is 3. The molecule has 0 heterocycles. The minimum absolute atomic E-state index is 0.110. The van der Waals surface area contributed by atoms with Crippen LogP contribution in [0, 0.1) is 0 Å². The summed E-state index contributed by atoms with van der Waals surface area (Å²) in [6.45, 7) is 0. The SMILES string of the molecule is CN(C)c1ccc(C(c2ccc(N(C)C)cc2)c2ccc(CS(=O)(=O)O)c(CS(=O)(=O)O)c2)cc1. The Morgan fingerprint density at radius 1 is 0.600 bits per heavy atom. The molecule has 0 aliphatic heterocycles. The fraction of sp³-hybridized carbons (Fsp3) is 0.280. The van der Waals surface area contributed by atoms with Crippen LogP contribution < -0.4 is 9.80 Å². The van der Waals surface area contributed by atoms with E-state index < -0.39 is 31.7 Å². The van der Waals surface area contributed by atoms with Crippen LogP contribution in [-0.4, -0.2) is 54.1 Å². The molecule has 2 N–H and O–H groups in total. The van der Waals surface area contributed by atoms with E-state index in [0.717, 1.165) is 28.1 Å². The van der Waals surface area contributed by atoms with Gasteiger partial charge >= 0.3 is 0 Å². The van der Waals surface area contributed by atoms with Crippen LogP contribution in [0.2, 0.25) is 0 Å². The van der Waals surface area contributed by atoms with Crippen molar-refractivity contribution in [3.05, 3.63) is 94.5 Å². The molecule has 0 unspecified atom stereocenters. The third-order valence-electron chi connectivity index (χ3n) is 5.73. The van der Waals surface area contributed by atoms with Crippen molar-refractivity contribution < 1.29 is 25.9 Å². The lowest BCUT2D eigenvalue weighted by molar-refractivity contribution is 0.477. The third kappa shape index (κ3) is 7.28. The second-order valence-electron chi connectivity index (χ2n) is 8.89. The summed E-state index contributed by atoms with van der Waals surface area (Å²) in [6.07, 6.45) is 0. The summed E-state index contributed by atoms with van der Waals surface area (Å²) in [7, 11) is -1.06. The molecule has 0 bridgehead atoms. The lowest BCUT2D eigenvalue weighted by Gasteiger charge is -2.23. The fourth-order valence-electron chi connectivity index (χ4n) is 4.00. The van der Waals surface area contributed by atoms with E-state index in [2.05, 4.69) is 0 Å². The van der Waals surface area contributed by atoms with E-state index in [1.54, 1.807) is 12.1 Å². The van der Waals surface area contributed by atoms with E-state index in [1.165, 1.54) is 6.07 Å². The van der Waals surface area contributed by atoms with Crippen LogP contribution in [-0.2, 0) is 31.7 Å². The van der Waals surface area contributed by atoms with Crippen LogP contribution in [0.15, 0.2) is 66.7 Å². The third-order valence-corrected chi connectivity index (χ3v) is 7.08. The summed E-state index contributed by atoms with van der Waals surface area (Å²) in [5, 5.41) is 0. The van der Waals surface area contributed by atoms with Crippen molar-refractivity contribution in [3.63, 3.8) is 0 Å². The molecule has 8 nitrogen and oxygen atoms in total. The first-order valence-electron chi connectivity index (χ1n) is 10.8. The van der Waals surface area contributed by atoms with Gasteiger partial charge in [0.05, 0.1) is 0 Å². The Labute approximate surface area is 207 Å². The molecule has 35 heavy (non-hydrogen) atoms. The molecule has 0 aromatic heterocycles. The topological polar surface area (TPSA) is 115 Å². The largest absolute Gasteiger partial charge is 0.378 e. The van der Waals surface area contributed by atoms with Crippen molar-refractivity contribution in [2.24, 2.45) is 0 Å². The molecule has 0 aliphatic carbocycles. The van der Waals surface area contributed by atoms with E-state index in [4.69, 9.17) is 0 Å². The van der Waals surface area contributed by atoms with Gasteiger partial charge in [-0.2, -0.15) is 16.8 Å². The van der Waals surface area contributed by atoms with E-state index in [1.807, 2.05) is 86.5 Å². The van der Waals surface area contributed by atoms with Crippen molar-refractivity contribution >= 4 is 31.6 Å². The van der Waals surface area contributed by atoms with Gasteiger partial charge in [-0.3, -0.25) is 9.11 Å². The molecule has 3 rings (SSSR count). The molecular weight excluding hydrogens is 488 g/mol. The van der Waals surface area contributed by atoms with Gasteiger partial charge in [0, 0.05) is 45.5 Å². The molecule has 0 amide bonds. The van der Waals surface area contributed by atoms with Gasteiger partial charge in [-0.1, -0.05) is 42.5 Å². The van der Waals surface area contributed by atoms with Crippen molar-refractivity contribution in [1.82, 2.24) is 0 Å². The molecule has 0 spiro atoms. The zero-order valence-electron chi connectivity index (χ0n) is 20.1. The van der Waals surface area contributed by atoms with Crippen LogP contribution in [0.3, 0.4) is 0 Å². The Hall–Kier alpha value is -2.92. The lowest BCUT2D eigenvalue weighted by atomic mass is 9.84. The summed E-state index contributed by atoms with van der Waals surface area (Å²) < 4.78 is 65.1. The van der Waals surface area contributed by atoms with Gasteiger partial charge < -0.3 is 9.80 Å². The number of rotatable bonds is 9. The van der Waals surface area contributed by atoms with E-state index in [0.29, 0.717) is 0 Å². The van der Waals surface area contributed by atoms with Gasteiger partial charge in [0.2, 0.25) is 0 Å². The predicted molar refractivity (Wildman–Crippen MR) is 139 cm³/mol. The maximum Gasteiger partial charge on any atom is 0.269 e. The molecular formula is C25H30N2O6S2. The molecule has 0 saturated heterocycles. The maximum atomic E-state index is 11.7. The minimum atomic E-state index is -4.44. The van der Waals surface area contributed by atoms with Crippen LogP contribution >= 0.6 is 0 Å². The highest BCUT2D eigenvalue weighted by Crippen LogP contribution is 2.35. The van der Waals surface area contributed by atoms with Gasteiger partial charge in [0.15, 0.2) is 0 Å². The smallest absolute Gasteiger partial charge is 0.269 e. The highest BCUT2D eigenvalue weighted by Gasteiger charge is 2.22. The number of nitrogens with zero attached hydrogens (tertiary/aromatic N) is 2. The zero-order valence-corrected chi connectivity index (χ0v) is 21.7. The van der Waals surface area contributed by atoms with E-state index in [9.17, 15) is 25.9 Å². The predicted octanol–water partition coefficient (Wildman–Crippen LogP) is 3.77. The second-order valence-corrected chi connectivity index (χ2v) is 11.8. The number of hydrogen-bond acceptors (Lipinski definition) is 6. The Balaban J connectivity index is 2.18. The highest BCUT2D eigenvalue weighted by atomic mass is 32.2. The molecule has 0 aliphatic rings. The molecule has 188 valence electrons. The van der Waals surface area contributed by atoms with E-state index in [-0.39, 0.29) is 17.0 Å². The van der Waals surface area contributed by atoms with Crippen LogP contribution in [0.4, 0.5) is 11.4 Å². The molecule has 0 saturated carbocycles.